The summed E-state index contributed by atoms with van der Waals surface area (Å²) < 4.78 is 0. The van der Waals surface area contributed by atoms with E-state index in [0.717, 1.165) is 30.2 Å². The lowest BCUT2D eigenvalue weighted by Crippen LogP contribution is -2.31. The monoisotopic (exact) mass is 291 g/mol. The summed E-state index contributed by atoms with van der Waals surface area (Å²) in [7, 11) is 0. The van der Waals surface area contributed by atoms with Gasteiger partial charge >= 0.3 is 0 Å². The number of carbonyl (C=O) groups excluding carboxylic acids is 1. The number of nitrogens with zero attached hydrogens (tertiary/aromatic N) is 1. The lowest BCUT2D eigenvalue weighted by molar-refractivity contribution is 0.0929. The van der Waals surface area contributed by atoms with E-state index in [-0.39, 0.29) is 11.9 Å². The molecule has 22 heavy (non-hydrogen) atoms. The van der Waals surface area contributed by atoms with Crippen molar-refractivity contribution in [2.24, 2.45) is 0 Å². The second-order valence-corrected chi connectivity index (χ2v) is 5.73. The van der Waals surface area contributed by atoms with Crippen LogP contribution in [0.3, 0.4) is 0 Å². The number of aryl methyl sites for hydroxylation is 1. The average Bonchev–Trinajstić information content (AvgIpc) is 2.99. The molecule has 0 unspecified atom stereocenters. The predicted molar refractivity (Wildman–Crippen MR) is 85.7 cm³/mol. The number of nitrogens with one attached hydrogen (secondary N) is 2. The van der Waals surface area contributed by atoms with E-state index < -0.39 is 0 Å². The topological polar surface area (TPSA) is 57.8 Å². The standard InChI is InChI=1S/C18H17N3O/c22-18(17-14-9-3-4-10-16(14)20-21-17)19-15-11-5-7-12-6-1-2-8-13(12)15/h1-4,6,8-10,15H,5,7,11H2,(H,19,22)(H,20,21)/t15-/m0/s1. The Bertz CT molecular complexity index is 837. The number of benzene rings is 2. The van der Waals surface area contributed by atoms with Crippen LogP contribution in [-0.2, 0) is 6.42 Å². The van der Waals surface area contributed by atoms with Crippen LogP contribution in [0.2, 0.25) is 0 Å². The van der Waals surface area contributed by atoms with Gasteiger partial charge in [-0.15, -0.1) is 0 Å². The van der Waals surface area contributed by atoms with Gasteiger partial charge in [0.1, 0.15) is 0 Å². The van der Waals surface area contributed by atoms with E-state index in [1.54, 1.807) is 0 Å². The average molecular weight is 291 g/mol. The molecule has 1 aliphatic carbocycles. The first-order chi connectivity index (χ1) is 10.8. The molecule has 0 aliphatic heterocycles. The molecular weight excluding hydrogens is 274 g/mol. The zero-order chi connectivity index (χ0) is 14.9. The van der Waals surface area contributed by atoms with Gasteiger partial charge in [0, 0.05) is 5.39 Å². The van der Waals surface area contributed by atoms with Gasteiger partial charge in [-0.1, -0.05) is 42.5 Å². The predicted octanol–water partition coefficient (Wildman–Crippen LogP) is 3.37. The number of amides is 1. The first-order valence-electron chi connectivity index (χ1n) is 7.65. The quantitative estimate of drug-likeness (QED) is 0.760. The summed E-state index contributed by atoms with van der Waals surface area (Å²) in [5.74, 6) is -0.112. The van der Waals surface area contributed by atoms with Gasteiger partial charge in [-0.25, -0.2) is 0 Å². The third kappa shape index (κ3) is 2.17. The molecule has 0 fully saturated rings. The van der Waals surface area contributed by atoms with Gasteiger partial charge in [0.05, 0.1) is 11.6 Å². The molecule has 0 saturated carbocycles. The van der Waals surface area contributed by atoms with E-state index >= 15 is 0 Å². The van der Waals surface area contributed by atoms with Crippen molar-refractivity contribution >= 4 is 16.8 Å². The Morgan fingerprint density at radius 1 is 1.14 bits per heavy atom. The summed E-state index contributed by atoms with van der Waals surface area (Å²) in [4.78, 5) is 12.6. The smallest absolute Gasteiger partial charge is 0.272 e. The minimum Gasteiger partial charge on any atom is -0.344 e. The van der Waals surface area contributed by atoms with Crippen LogP contribution in [0.5, 0.6) is 0 Å². The van der Waals surface area contributed by atoms with Crippen LogP contribution in [0.1, 0.15) is 40.5 Å². The highest BCUT2D eigenvalue weighted by Gasteiger charge is 2.23. The Kier molecular flexibility index (Phi) is 3.15. The zero-order valence-corrected chi connectivity index (χ0v) is 12.2. The van der Waals surface area contributed by atoms with E-state index in [1.807, 2.05) is 30.3 Å². The minimum atomic E-state index is -0.112. The molecule has 4 heteroatoms. The second-order valence-electron chi connectivity index (χ2n) is 5.73. The van der Waals surface area contributed by atoms with Crippen molar-refractivity contribution in [3.63, 3.8) is 0 Å². The fourth-order valence-electron chi connectivity index (χ4n) is 3.27. The molecule has 4 nitrogen and oxygen atoms in total. The summed E-state index contributed by atoms with van der Waals surface area (Å²) in [5.41, 5.74) is 3.93. The summed E-state index contributed by atoms with van der Waals surface area (Å²) in [6.45, 7) is 0. The molecule has 110 valence electrons. The van der Waals surface area contributed by atoms with Gasteiger partial charge in [0.2, 0.25) is 0 Å². The number of hydrogen-bond acceptors (Lipinski definition) is 2. The molecule has 1 amide bonds. The van der Waals surface area contributed by atoms with E-state index in [9.17, 15) is 4.79 Å². The number of aromatic nitrogens is 2. The summed E-state index contributed by atoms with van der Waals surface area (Å²) in [5, 5.41) is 11.1. The molecule has 0 spiro atoms. The number of H-pyrrole nitrogens is 1. The molecule has 1 heterocycles. The Morgan fingerprint density at radius 3 is 2.91 bits per heavy atom. The molecule has 4 rings (SSSR count). The maximum Gasteiger partial charge on any atom is 0.272 e. The fourth-order valence-corrected chi connectivity index (χ4v) is 3.27. The highest BCUT2D eigenvalue weighted by Crippen LogP contribution is 2.29. The largest absolute Gasteiger partial charge is 0.344 e. The third-order valence-electron chi connectivity index (χ3n) is 4.36. The second kappa shape index (κ2) is 5.30. The summed E-state index contributed by atoms with van der Waals surface area (Å²) in [6.07, 6.45) is 3.17. The van der Waals surface area contributed by atoms with E-state index in [2.05, 4.69) is 33.7 Å². The molecular formula is C18H17N3O. The molecule has 2 aromatic carbocycles. The SMILES string of the molecule is O=C(N[C@H]1CCCc2ccccc21)c1n[nH]c2ccccc12. The van der Waals surface area contributed by atoms with Crippen LogP contribution in [0.15, 0.2) is 48.5 Å². The number of rotatable bonds is 2. The van der Waals surface area contributed by atoms with Crippen molar-refractivity contribution in [2.75, 3.05) is 0 Å². The molecule has 0 bridgehead atoms. The maximum absolute atomic E-state index is 12.6. The van der Waals surface area contributed by atoms with Crippen LogP contribution in [-0.4, -0.2) is 16.1 Å². The van der Waals surface area contributed by atoms with Crippen molar-refractivity contribution in [1.29, 1.82) is 0 Å². The number of carbonyl (C=O) groups is 1. The molecule has 1 aromatic heterocycles. The Balaban J connectivity index is 1.63. The first kappa shape index (κ1) is 13.1. The van der Waals surface area contributed by atoms with Gasteiger partial charge in [-0.2, -0.15) is 5.10 Å². The van der Waals surface area contributed by atoms with Crippen LogP contribution in [0, 0.1) is 0 Å². The number of hydrogen-bond donors (Lipinski definition) is 2. The lowest BCUT2D eigenvalue weighted by Gasteiger charge is -2.26. The number of aromatic amines is 1. The molecule has 1 atom stereocenters. The van der Waals surface area contributed by atoms with Gasteiger partial charge in [-0.3, -0.25) is 9.89 Å². The van der Waals surface area contributed by atoms with Crippen LogP contribution < -0.4 is 5.32 Å². The third-order valence-corrected chi connectivity index (χ3v) is 4.36. The Morgan fingerprint density at radius 2 is 1.95 bits per heavy atom. The van der Waals surface area contributed by atoms with Crippen molar-refractivity contribution in [2.45, 2.75) is 25.3 Å². The minimum absolute atomic E-state index is 0.0768. The molecule has 3 aromatic rings. The van der Waals surface area contributed by atoms with Crippen molar-refractivity contribution < 1.29 is 4.79 Å². The Labute approximate surface area is 128 Å². The van der Waals surface area contributed by atoms with Crippen molar-refractivity contribution in [3.05, 3.63) is 65.4 Å². The Hall–Kier alpha value is -2.62. The van der Waals surface area contributed by atoms with Crippen LogP contribution in [0.25, 0.3) is 10.9 Å². The fraction of sp³-hybridized carbons (Fsp3) is 0.222. The molecule has 0 radical (unpaired) electrons. The number of fused-ring (bicyclic) bond motifs is 2. The van der Waals surface area contributed by atoms with Gasteiger partial charge in [0.25, 0.3) is 5.91 Å². The first-order valence-corrected chi connectivity index (χ1v) is 7.65. The lowest BCUT2D eigenvalue weighted by atomic mass is 9.87. The maximum atomic E-state index is 12.6. The molecule has 1 aliphatic rings. The van der Waals surface area contributed by atoms with Gasteiger partial charge in [-0.05, 0) is 36.5 Å². The number of para-hydroxylation sites is 1. The van der Waals surface area contributed by atoms with Crippen molar-refractivity contribution in [3.8, 4) is 0 Å². The van der Waals surface area contributed by atoms with Crippen LogP contribution in [0.4, 0.5) is 0 Å². The van der Waals surface area contributed by atoms with Gasteiger partial charge in [0.15, 0.2) is 5.69 Å². The van der Waals surface area contributed by atoms with Gasteiger partial charge < -0.3 is 5.32 Å². The van der Waals surface area contributed by atoms with Crippen LogP contribution >= 0.6 is 0 Å². The van der Waals surface area contributed by atoms with E-state index in [1.165, 1.54) is 11.1 Å². The highest BCUT2D eigenvalue weighted by atomic mass is 16.2. The van der Waals surface area contributed by atoms with E-state index in [0.29, 0.717) is 5.69 Å². The summed E-state index contributed by atoms with van der Waals surface area (Å²) in [6, 6.07) is 16.1. The highest BCUT2D eigenvalue weighted by molar-refractivity contribution is 6.04. The summed E-state index contributed by atoms with van der Waals surface area (Å²) >= 11 is 0. The zero-order valence-electron chi connectivity index (χ0n) is 12.2. The molecule has 2 N–H and O–H groups in total. The van der Waals surface area contributed by atoms with E-state index in [4.69, 9.17) is 0 Å². The van der Waals surface area contributed by atoms with Crippen molar-refractivity contribution in [1.82, 2.24) is 15.5 Å². The molecule has 0 saturated heterocycles. The normalized spacial score (nSPS) is 17.2.